The zero-order valence-corrected chi connectivity index (χ0v) is 12.6. The molecule has 6 heteroatoms. The summed E-state index contributed by atoms with van der Waals surface area (Å²) in [6.07, 6.45) is 2.78. The van der Waals surface area contributed by atoms with Crippen LogP contribution in [0.4, 0.5) is 0 Å². The lowest BCUT2D eigenvalue weighted by Gasteiger charge is -2.19. The highest BCUT2D eigenvalue weighted by Crippen LogP contribution is 2.17. The maximum absolute atomic E-state index is 11.8. The van der Waals surface area contributed by atoms with Crippen molar-refractivity contribution in [2.45, 2.75) is 57.7 Å². The number of ether oxygens (including phenoxy) is 1. The summed E-state index contributed by atoms with van der Waals surface area (Å²) >= 11 is 0. The van der Waals surface area contributed by atoms with E-state index in [-0.39, 0.29) is 24.5 Å². The van der Waals surface area contributed by atoms with Crippen LogP contribution in [0.1, 0.15) is 39.5 Å². The molecule has 0 radical (unpaired) electrons. The Morgan fingerprint density at radius 3 is 2.65 bits per heavy atom. The Kier molecular flexibility index (Phi) is 6.95. The molecular formula is C14H26N2O4. The van der Waals surface area contributed by atoms with E-state index in [4.69, 9.17) is 9.84 Å². The molecule has 6 nitrogen and oxygen atoms in total. The Bertz CT molecular complexity index is 333. The number of nitrogens with zero attached hydrogens (tertiary/aromatic N) is 1. The molecular weight excluding hydrogens is 260 g/mol. The molecule has 0 aliphatic carbocycles. The smallest absolute Gasteiger partial charge is 0.323 e. The van der Waals surface area contributed by atoms with Gasteiger partial charge in [0, 0.05) is 12.6 Å². The highest BCUT2D eigenvalue weighted by Gasteiger charge is 2.30. The molecule has 0 aromatic rings. The van der Waals surface area contributed by atoms with Crippen molar-refractivity contribution in [2.24, 2.45) is 0 Å². The molecule has 2 unspecified atom stereocenters. The molecule has 0 saturated carbocycles. The SMILES string of the molecule is CC(C)OC(=O)C1CCC(CCN(C)CCC(=O)O)N1. The van der Waals surface area contributed by atoms with Gasteiger partial charge < -0.3 is 20.1 Å². The highest BCUT2D eigenvalue weighted by atomic mass is 16.5. The van der Waals surface area contributed by atoms with Crippen molar-refractivity contribution in [3.63, 3.8) is 0 Å². The lowest BCUT2D eigenvalue weighted by molar-refractivity contribution is -0.149. The first-order valence-electron chi connectivity index (χ1n) is 7.25. The van der Waals surface area contributed by atoms with Crippen LogP contribution in [-0.2, 0) is 14.3 Å². The molecule has 2 N–H and O–H groups in total. The lowest BCUT2D eigenvalue weighted by Crippen LogP contribution is -2.39. The summed E-state index contributed by atoms with van der Waals surface area (Å²) in [7, 11) is 1.92. The zero-order valence-electron chi connectivity index (χ0n) is 12.6. The van der Waals surface area contributed by atoms with E-state index < -0.39 is 5.97 Å². The Balaban J connectivity index is 2.21. The molecule has 1 saturated heterocycles. The number of aliphatic carboxylic acids is 1. The van der Waals surface area contributed by atoms with Gasteiger partial charge in [-0.05, 0) is 46.7 Å². The van der Waals surface area contributed by atoms with Crippen LogP contribution in [0, 0.1) is 0 Å². The maximum Gasteiger partial charge on any atom is 0.323 e. The summed E-state index contributed by atoms with van der Waals surface area (Å²) in [6, 6.07) is 0.124. The molecule has 2 atom stereocenters. The predicted molar refractivity (Wildman–Crippen MR) is 75.5 cm³/mol. The Morgan fingerprint density at radius 2 is 2.05 bits per heavy atom. The number of rotatable bonds is 8. The summed E-state index contributed by atoms with van der Waals surface area (Å²) < 4.78 is 5.20. The van der Waals surface area contributed by atoms with E-state index in [0.717, 1.165) is 25.8 Å². The van der Waals surface area contributed by atoms with Crippen LogP contribution in [0.25, 0.3) is 0 Å². The van der Waals surface area contributed by atoms with Crippen LogP contribution in [-0.4, -0.2) is 60.3 Å². The van der Waals surface area contributed by atoms with Crippen molar-refractivity contribution in [3.05, 3.63) is 0 Å². The summed E-state index contributed by atoms with van der Waals surface area (Å²) in [4.78, 5) is 24.2. The fourth-order valence-electron chi connectivity index (χ4n) is 2.32. The fourth-order valence-corrected chi connectivity index (χ4v) is 2.32. The number of hydrogen-bond donors (Lipinski definition) is 2. The van der Waals surface area contributed by atoms with Gasteiger partial charge in [-0.25, -0.2) is 0 Å². The predicted octanol–water partition coefficient (Wildman–Crippen LogP) is 0.855. The van der Waals surface area contributed by atoms with E-state index in [0.29, 0.717) is 12.6 Å². The number of carboxylic acids is 1. The third-order valence-corrected chi connectivity index (χ3v) is 3.44. The van der Waals surface area contributed by atoms with Gasteiger partial charge in [0.25, 0.3) is 0 Å². The molecule has 1 rings (SSSR count). The van der Waals surface area contributed by atoms with Crippen molar-refractivity contribution in [3.8, 4) is 0 Å². The summed E-state index contributed by atoms with van der Waals surface area (Å²) in [5.74, 6) is -0.936. The van der Waals surface area contributed by atoms with Crippen LogP contribution in [0.2, 0.25) is 0 Å². The van der Waals surface area contributed by atoms with Gasteiger partial charge in [0.2, 0.25) is 0 Å². The van der Waals surface area contributed by atoms with Crippen LogP contribution < -0.4 is 5.32 Å². The monoisotopic (exact) mass is 286 g/mol. The fraction of sp³-hybridized carbons (Fsp3) is 0.857. The Morgan fingerprint density at radius 1 is 1.35 bits per heavy atom. The number of carbonyl (C=O) groups is 2. The first-order chi connectivity index (χ1) is 9.38. The second-order valence-corrected chi connectivity index (χ2v) is 5.71. The minimum absolute atomic E-state index is 0.0782. The largest absolute Gasteiger partial charge is 0.481 e. The van der Waals surface area contributed by atoms with Gasteiger partial charge in [0.15, 0.2) is 0 Å². The topological polar surface area (TPSA) is 78.9 Å². The first-order valence-corrected chi connectivity index (χ1v) is 7.25. The molecule has 116 valence electrons. The van der Waals surface area contributed by atoms with Crippen molar-refractivity contribution in [1.82, 2.24) is 10.2 Å². The summed E-state index contributed by atoms with van der Waals surface area (Å²) in [6.45, 7) is 5.08. The molecule has 0 spiro atoms. The number of hydrogen-bond acceptors (Lipinski definition) is 5. The van der Waals surface area contributed by atoms with Gasteiger partial charge in [0.1, 0.15) is 6.04 Å². The molecule has 1 aliphatic heterocycles. The van der Waals surface area contributed by atoms with Crippen LogP contribution in [0.15, 0.2) is 0 Å². The Hall–Kier alpha value is -1.14. The Labute approximate surface area is 120 Å². The maximum atomic E-state index is 11.8. The van der Waals surface area contributed by atoms with Crippen molar-refractivity contribution in [2.75, 3.05) is 20.1 Å². The normalized spacial score (nSPS) is 22.4. The average molecular weight is 286 g/mol. The van der Waals surface area contributed by atoms with E-state index in [1.54, 1.807) is 0 Å². The van der Waals surface area contributed by atoms with Gasteiger partial charge in [-0.1, -0.05) is 0 Å². The van der Waals surface area contributed by atoms with Gasteiger partial charge >= 0.3 is 11.9 Å². The summed E-state index contributed by atoms with van der Waals surface area (Å²) in [5.41, 5.74) is 0. The van der Waals surface area contributed by atoms with Crippen LogP contribution >= 0.6 is 0 Å². The second-order valence-electron chi connectivity index (χ2n) is 5.71. The highest BCUT2D eigenvalue weighted by molar-refractivity contribution is 5.76. The van der Waals surface area contributed by atoms with E-state index in [9.17, 15) is 9.59 Å². The average Bonchev–Trinajstić information content (AvgIpc) is 2.81. The minimum Gasteiger partial charge on any atom is -0.481 e. The van der Waals surface area contributed by atoms with Crippen molar-refractivity contribution >= 4 is 11.9 Å². The molecule has 0 amide bonds. The molecule has 1 heterocycles. The van der Waals surface area contributed by atoms with E-state index in [1.807, 2.05) is 25.8 Å². The molecule has 0 bridgehead atoms. The number of nitrogens with one attached hydrogen (secondary N) is 1. The molecule has 1 fully saturated rings. The van der Waals surface area contributed by atoms with Crippen molar-refractivity contribution < 1.29 is 19.4 Å². The standard InChI is InChI=1S/C14H26N2O4/c1-10(2)20-14(19)12-5-4-11(15-12)6-8-16(3)9-7-13(17)18/h10-12,15H,4-9H2,1-3H3,(H,17,18). The third kappa shape index (κ3) is 6.34. The van der Waals surface area contributed by atoms with Gasteiger partial charge in [-0.3, -0.25) is 9.59 Å². The third-order valence-electron chi connectivity index (χ3n) is 3.44. The van der Waals surface area contributed by atoms with Gasteiger partial charge in [-0.15, -0.1) is 0 Å². The number of esters is 1. The number of carboxylic acid groups (broad SMARTS) is 1. The lowest BCUT2D eigenvalue weighted by atomic mass is 10.1. The molecule has 20 heavy (non-hydrogen) atoms. The van der Waals surface area contributed by atoms with Crippen LogP contribution in [0.5, 0.6) is 0 Å². The van der Waals surface area contributed by atoms with Gasteiger partial charge in [-0.2, -0.15) is 0 Å². The number of carbonyl (C=O) groups excluding carboxylic acids is 1. The molecule has 0 aromatic carbocycles. The van der Waals surface area contributed by atoms with E-state index >= 15 is 0 Å². The van der Waals surface area contributed by atoms with Crippen molar-refractivity contribution in [1.29, 1.82) is 0 Å². The van der Waals surface area contributed by atoms with E-state index in [2.05, 4.69) is 5.32 Å². The summed E-state index contributed by atoms with van der Waals surface area (Å²) in [5, 5.41) is 11.9. The van der Waals surface area contributed by atoms with Crippen LogP contribution in [0.3, 0.4) is 0 Å². The first kappa shape index (κ1) is 16.9. The zero-order chi connectivity index (χ0) is 15.1. The molecule has 0 aromatic heterocycles. The van der Waals surface area contributed by atoms with Gasteiger partial charge in [0.05, 0.1) is 12.5 Å². The second kappa shape index (κ2) is 8.21. The minimum atomic E-state index is -0.771. The molecule has 1 aliphatic rings. The van der Waals surface area contributed by atoms with E-state index in [1.165, 1.54) is 0 Å². The quantitative estimate of drug-likeness (QED) is 0.644.